The molecular weight excluding hydrogens is 163 g/mol. The van der Waals surface area contributed by atoms with Crippen LogP contribution in [0.25, 0.3) is 0 Å². The van der Waals surface area contributed by atoms with E-state index in [1.54, 1.807) is 0 Å². The Labute approximate surface area is 61.2 Å². The number of rotatable bonds is 0. The molecule has 0 saturated carbocycles. The first-order valence-corrected chi connectivity index (χ1v) is 1.62. The van der Waals surface area contributed by atoms with E-state index in [0.29, 0.717) is 0 Å². The van der Waals surface area contributed by atoms with Crippen LogP contribution in [0, 0.1) is 0 Å². The summed E-state index contributed by atoms with van der Waals surface area (Å²) >= 11 is 3.87. The van der Waals surface area contributed by atoms with Gasteiger partial charge in [0, 0.05) is 19.5 Å². The summed E-state index contributed by atoms with van der Waals surface area (Å²) in [5, 5.41) is 7.06. The molecule has 0 heterocycles. The second-order valence-electron chi connectivity index (χ2n) is 0.338. The molecule has 7 heavy (non-hydrogen) atoms. The molecule has 0 bridgehead atoms. The van der Waals surface area contributed by atoms with Gasteiger partial charge in [-0.1, -0.05) is 0 Å². The SMILES string of the molecule is C=C.NC(O)=S.[Zn]. The molecule has 0 aromatic carbocycles. The molecule has 0 aliphatic heterocycles. The molecule has 0 saturated heterocycles. The number of hydrogen-bond donors (Lipinski definition) is 2. The van der Waals surface area contributed by atoms with Gasteiger partial charge in [0.2, 0.25) is 0 Å². The summed E-state index contributed by atoms with van der Waals surface area (Å²) in [7, 11) is 0. The van der Waals surface area contributed by atoms with Gasteiger partial charge in [0.05, 0.1) is 0 Å². The number of nitrogens with two attached hydrogens (primary N) is 1. The summed E-state index contributed by atoms with van der Waals surface area (Å²) in [4.78, 5) is 0. The Bertz CT molecular complexity index is 46.2. The molecular formula is C3H7NOSZn. The molecule has 3 N–H and O–H groups in total. The number of aliphatic hydroxyl groups is 1. The van der Waals surface area contributed by atoms with E-state index in [4.69, 9.17) is 5.11 Å². The predicted molar refractivity (Wildman–Crippen MR) is 30.7 cm³/mol. The van der Waals surface area contributed by atoms with Crippen LogP contribution >= 0.6 is 12.2 Å². The van der Waals surface area contributed by atoms with Crippen LogP contribution in [0.2, 0.25) is 0 Å². The molecule has 0 spiro atoms. The molecule has 4 heteroatoms. The van der Waals surface area contributed by atoms with Crippen LogP contribution in [0.1, 0.15) is 0 Å². The van der Waals surface area contributed by atoms with Crippen LogP contribution in [0.15, 0.2) is 13.2 Å². The maximum absolute atomic E-state index is 7.56. The zero-order valence-corrected chi connectivity index (χ0v) is 7.84. The summed E-state index contributed by atoms with van der Waals surface area (Å²) in [6, 6.07) is 0. The van der Waals surface area contributed by atoms with Gasteiger partial charge in [-0.05, 0) is 12.2 Å². The quantitative estimate of drug-likeness (QED) is 0.318. The van der Waals surface area contributed by atoms with Crippen LogP contribution in [-0.2, 0) is 19.5 Å². The van der Waals surface area contributed by atoms with Crippen molar-refractivity contribution in [2.75, 3.05) is 0 Å². The Morgan fingerprint density at radius 1 is 1.57 bits per heavy atom. The summed E-state index contributed by atoms with van der Waals surface area (Å²) in [5.41, 5.74) is 4.40. The second-order valence-corrected chi connectivity index (χ2v) is 0.757. The fourth-order valence-corrected chi connectivity index (χ4v) is 0. The maximum Gasteiger partial charge on any atom is 0.251 e. The predicted octanol–water partition coefficient (Wildman–Crippen LogP) is 0.588. The van der Waals surface area contributed by atoms with Gasteiger partial charge in [0.15, 0.2) is 0 Å². The van der Waals surface area contributed by atoms with Crippen molar-refractivity contribution in [1.82, 2.24) is 0 Å². The Morgan fingerprint density at radius 2 is 1.57 bits per heavy atom. The van der Waals surface area contributed by atoms with Gasteiger partial charge in [-0.2, -0.15) is 0 Å². The van der Waals surface area contributed by atoms with E-state index in [-0.39, 0.29) is 19.5 Å². The fourth-order valence-electron chi connectivity index (χ4n) is 0. The van der Waals surface area contributed by atoms with Crippen LogP contribution < -0.4 is 5.73 Å². The number of thiocarbonyl (C=S) groups is 1. The monoisotopic (exact) mass is 169 g/mol. The number of hydrogen-bond acceptors (Lipinski definition) is 1. The summed E-state index contributed by atoms with van der Waals surface area (Å²) < 4.78 is 0. The van der Waals surface area contributed by atoms with Crippen molar-refractivity contribution in [3.63, 3.8) is 0 Å². The van der Waals surface area contributed by atoms with Crippen molar-refractivity contribution < 1.29 is 24.6 Å². The normalized spacial score (nSPS) is 4.00. The Morgan fingerprint density at radius 3 is 1.57 bits per heavy atom. The molecule has 0 aromatic rings. The second kappa shape index (κ2) is 16.6. The summed E-state index contributed by atoms with van der Waals surface area (Å²) in [5.74, 6) is 0. The van der Waals surface area contributed by atoms with Crippen molar-refractivity contribution in [3.8, 4) is 0 Å². The third-order valence-electron chi connectivity index (χ3n) is 0. The molecule has 0 atom stereocenters. The van der Waals surface area contributed by atoms with Gasteiger partial charge >= 0.3 is 0 Å². The van der Waals surface area contributed by atoms with Gasteiger partial charge in [0.1, 0.15) is 0 Å². The first-order valence-electron chi connectivity index (χ1n) is 1.22. The summed E-state index contributed by atoms with van der Waals surface area (Å²) in [6.45, 7) is 6.00. The molecule has 38 valence electrons. The largest absolute Gasteiger partial charge is 0.487 e. The van der Waals surface area contributed by atoms with Crippen molar-refractivity contribution in [3.05, 3.63) is 13.2 Å². The van der Waals surface area contributed by atoms with Crippen LogP contribution in [-0.4, -0.2) is 10.3 Å². The van der Waals surface area contributed by atoms with Gasteiger partial charge in [-0.3, -0.25) is 0 Å². The molecule has 0 radical (unpaired) electrons. The van der Waals surface area contributed by atoms with Crippen LogP contribution in [0.5, 0.6) is 0 Å². The van der Waals surface area contributed by atoms with E-state index in [2.05, 4.69) is 31.1 Å². The molecule has 0 rings (SSSR count). The molecule has 0 aliphatic rings. The van der Waals surface area contributed by atoms with E-state index < -0.39 is 5.17 Å². The Hall–Kier alpha value is 0.0534. The van der Waals surface area contributed by atoms with Gasteiger partial charge in [0.25, 0.3) is 5.17 Å². The zero-order chi connectivity index (χ0) is 5.58. The smallest absolute Gasteiger partial charge is 0.251 e. The van der Waals surface area contributed by atoms with E-state index in [0.717, 1.165) is 0 Å². The zero-order valence-electron chi connectivity index (χ0n) is 4.05. The van der Waals surface area contributed by atoms with Crippen LogP contribution in [0.4, 0.5) is 0 Å². The van der Waals surface area contributed by atoms with E-state index in [9.17, 15) is 0 Å². The molecule has 0 amide bonds. The van der Waals surface area contributed by atoms with Crippen LogP contribution in [0.3, 0.4) is 0 Å². The van der Waals surface area contributed by atoms with Crippen molar-refractivity contribution in [2.45, 2.75) is 0 Å². The first-order chi connectivity index (χ1) is 2.73. The maximum atomic E-state index is 7.56. The van der Waals surface area contributed by atoms with Crippen molar-refractivity contribution in [2.24, 2.45) is 5.73 Å². The molecule has 2 nitrogen and oxygen atoms in total. The average Bonchev–Trinajstić information content (AvgIpc) is 1.41. The van der Waals surface area contributed by atoms with Gasteiger partial charge < -0.3 is 10.8 Å². The minimum atomic E-state index is -0.500. The van der Waals surface area contributed by atoms with E-state index in [1.165, 1.54) is 0 Å². The topological polar surface area (TPSA) is 46.2 Å². The van der Waals surface area contributed by atoms with E-state index >= 15 is 0 Å². The minimum absolute atomic E-state index is 0. The molecule has 0 fully saturated rings. The third-order valence-corrected chi connectivity index (χ3v) is 0. The molecule has 0 aliphatic carbocycles. The Kier molecular flexibility index (Phi) is 37.3. The van der Waals surface area contributed by atoms with Gasteiger partial charge in [-0.25, -0.2) is 0 Å². The molecule has 0 aromatic heterocycles. The first kappa shape index (κ1) is 15.7. The van der Waals surface area contributed by atoms with E-state index in [1.807, 2.05) is 0 Å². The Balaban J connectivity index is -0.0000000480. The van der Waals surface area contributed by atoms with Crippen molar-refractivity contribution in [1.29, 1.82) is 0 Å². The standard InChI is InChI=1S/C2H4.CH3NOS.Zn/c1-2;2-1(3)4;/h1-2H2;(H3,2,3,4);. The number of aliphatic hydroxyl groups excluding tert-OH is 1. The summed E-state index contributed by atoms with van der Waals surface area (Å²) in [6.07, 6.45) is 0. The van der Waals surface area contributed by atoms with Gasteiger partial charge in [-0.15, -0.1) is 13.2 Å². The average molecular weight is 171 g/mol. The molecule has 0 unspecified atom stereocenters. The minimum Gasteiger partial charge on any atom is -0.487 e. The third kappa shape index (κ3) is 34900. The fraction of sp³-hybridized carbons (Fsp3) is 0. The van der Waals surface area contributed by atoms with Crippen molar-refractivity contribution >= 4 is 17.4 Å².